The Kier molecular flexibility index (Phi) is 10.8. The predicted molar refractivity (Wildman–Crippen MR) is 115 cm³/mol. The van der Waals surface area contributed by atoms with Gasteiger partial charge in [0.2, 0.25) is 0 Å². The first-order chi connectivity index (χ1) is 13.1. The molecule has 0 spiro atoms. The van der Waals surface area contributed by atoms with Gasteiger partial charge in [-0.2, -0.15) is 0 Å². The molecule has 158 valence electrons. The highest BCUT2D eigenvalue weighted by molar-refractivity contribution is 5.72. The number of unbranched alkanes of at least 4 members (excludes halogenated alkanes) is 4. The molecule has 0 heterocycles. The van der Waals surface area contributed by atoms with Crippen LogP contribution in [0, 0.1) is 29.6 Å². The van der Waals surface area contributed by atoms with Crippen LogP contribution in [0.1, 0.15) is 117 Å². The molecular formula is C25H46O2. The first-order valence-corrected chi connectivity index (χ1v) is 12.3. The van der Waals surface area contributed by atoms with Gasteiger partial charge in [0.15, 0.2) is 0 Å². The van der Waals surface area contributed by atoms with E-state index >= 15 is 0 Å². The minimum Gasteiger partial charge on any atom is -0.465 e. The first kappa shape index (κ1) is 22.8. The lowest BCUT2D eigenvalue weighted by atomic mass is 9.68. The van der Waals surface area contributed by atoms with Crippen molar-refractivity contribution in [2.24, 2.45) is 29.6 Å². The molecule has 0 aliphatic heterocycles. The Morgan fingerprint density at radius 1 is 0.852 bits per heavy atom. The summed E-state index contributed by atoms with van der Waals surface area (Å²) < 4.78 is 5.55. The maximum absolute atomic E-state index is 12.3. The maximum Gasteiger partial charge on any atom is 0.308 e. The molecule has 0 bridgehead atoms. The van der Waals surface area contributed by atoms with Crippen molar-refractivity contribution in [2.75, 3.05) is 6.61 Å². The van der Waals surface area contributed by atoms with E-state index in [1.165, 1.54) is 77.0 Å². The monoisotopic (exact) mass is 378 g/mol. The Hall–Kier alpha value is -0.530. The molecule has 0 N–H and O–H groups in total. The van der Waals surface area contributed by atoms with Gasteiger partial charge < -0.3 is 4.74 Å². The molecule has 2 rings (SSSR count). The summed E-state index contributed by atoms with van der Waals surface area (Å²) in [7, 11) is 0. The molecule has 0 saturated heterocycles. The zero-order chi connectivity index (χ0) is 19.5. The highest BCUT2D eigenvalue weighted by Gasteiger charge is 2.33. The van der Waals surface area contributed by atoms with E-state index in [2.05, 4.69) is 20.8 Å². The van der Waals surface area contributed by atoms with Gasteiger partial charge in [0.05, 0.1) is 12.5 Å². The van der Waals surface area contributed by atoms with Crippen molar-refractivity contribution in [3.63, 3.8) is 0 Å². The van der Waals surface area contributed by atoms with Crippen molar-refractivity contribution < 1.29 is 9.53 Å². The summed E-state index contributed by atoms with van der Waals surface area (Å²) in [5.41, 5.74) is 0. The Balaban J connectivity index is 1.58. The molecule has 2 aliphatic carbocycles. The van der Waals surface area contributed by atoms with E-state index in [1.807, 2.05) is 0 Å². The lowest BCUT2D eigenvalue weighted by molar-refractivity contribution is -0.151. The fraction of sp³-hybridized carbons (Fsp3) is 0.960. The van der Waals surface area contributed by atoms with E-state index in [0.717, 1.165) is 37.0 Å². The minimum absolute atomic E-state index is 0.0838. The molecule has 2 saturated carbocycles. The van der Waals surface area contributed by atoms with E-state index in [0.29, 0.717) is 12.5 Å². The van der Waals surface area contributed by atoms with Gasteiger partial charge in [0, 0.05) is 0 Å². The molecule has 0 radical (unpaired) electrons. The van der Waals surface area contributed by atoms with Gasteiger partial charge in [-0.3, -0.25) is 4.79 Å². The highest BCUT2D eigenvalue weighted by Crippen LogP contribution is 2.42. The van der Waals surface area contributed by atoms with Crippen LogP contribution in [0.5, 0.6) is 0 Å². The smallest absolute Gasteiger partial charge is 0.308 e. The van der Waals surface area contributed by atoms with Gasteiger partial charge in [0.1, 0.15) is 0 Å². The van der Waals surface area contributed by atoms with Crippen molar-refractivity contribution in [3.05, 3.63) is 0 Å². The molecule has 27 heavy (non-hydrogen) atoms. The number of hydrogen-bond donors (Lipinski definition) is 0. The fourth-order valence-electron chi connectivity index (χ4n) is 5.27. The Bertz CT molecular complexity index is 389. The maximum atomic E-state index is 12.3. The third kappa shape index (κ3) is 8.16. The quantitative estimate of drug-likeness (QED) is 0.274. The number of hydrogen-bond acceptors (Lipinski definition) is 2. The van der Waals surface area contributed by atoms with Crippen molar-refractivity contribution >= 4 is 5.97 Å². The van der Waals surface area contributed by atoms with E-state index in [4.69, 9.17) is 4.74 Å². The van der Waals surface area contributed by atoms with Crippen molar-refractivity contribution in [2.45, 2.75) is 117 Å². The third-order valence-electron chi connectivity index (χ3n) is 7.59. The normalized spacial score (nSPS) is 30.0. The standard InChI is InChI=1S/C25H46O2/c1-4-6-7-8-9-10-21-11-13-22(14-12-21)23-15-17-24(18-16-23)25(26)27-19-20(3)5-2/h20-24H,4-19H2,1-3H3. The first-order valence-electron chi connectivity index (χ1n) is 12.3. The molecule has 2 fully saturated rings. The number of carbonyl (C=O) groups is 1. The summed E-state index contributed by atoms with van der Waals surface area (Å²) in [4.78, 5) is 12.3. The van der Waals surface area contributed by atoms with E-state index in [9.17, 15) is 4.79 Å². The molecule has 0 amide bonds. The van der Waals surface area contributed by atoms with E-state index < -0.39 is 0 Å². The van der Waals surface area contributed by atoms with Crippen LogP contribution in [0.3, 0.4) is 0 Å². The minimum atomic E-state index is 0.0838. The van der Waals surface area contributed by atoms with E-state index in [1.54, 1.807) is 0 Å². The van der Waals surface area contributed by atoms with Gasteiger partial charge in [-0.1, -0.05) is 78.6 Å². The second kappa shape index (κ2) is 12.8. The largest absolute Gasteiger partial charge is 0.465 e. The summed E-state index contributed by atoms with van der Waals surface area (Å²) in [6.07, 6.45) is 20.2. The molecular weight excluding hydrogens is 332 g/mol. The van der Waals surface area contributed by atoms with Crippen LogP contribution in [0.15, 0.2) is 0 Å². The van der Waals surface area contributed by atoms with Gasteiger partial charge in [-0.05, 0) is 62.2 Å². The zero-order valence-electron chi connectivity index (χ0n) is 18.5. The molecule has 0 aromatic rings. The van der Waals surface area contributed by atoms with Crippen molar-refractivity contribution in [1.29, 1.82) is 0 Å². The molecule has 2 aliphatic rings. The number of ether oxygens (including phenoxy) is 1. The Morgan fingerprint density at radius 3 is 2.04 bits per heavy atom. The lowest BCUT2D eigenvalue weighted by Crippen LogP contribution is -2.29. The SMILES string of the molecule is CCCCCCCC1CCC(C2CCC(C(=O)OCC(C)CC)CC2)CC1. The summed E-state index contributed by atoms with van der Waals surface area (Å²) in [5, 5.41) is 0. The fourth-order valence-corrected chi connectivity index (χ4v) is 5.27. The molecule has 2 heteroatoms. The van der Waals surface area contributed by atoms with Gasteiger partial charge >= 0.3 is 5.97 Å². The van der Waals surface area contributed by atoms with Crippen LogP contribution in [-0.2, 0) is 9.53 Å². The second-order valence-corrected chi connectivity index (χ2v) is 9.74. The molecule has 1 unspecified atom stereocenters. The molecule has 0 aromatic heterocycles. The van der Waals surface area contributed by atoms with Crippen LogP contribution in [0.25, 0.3) is 0 Å². The summed E-state index contributed by atoms with van der Waals surface area (Å²) in [5.74, 6) is 3.60. The van der Waals surface area contributed by atoms with Crippen LogP contribution in [0.4, 0.5) is 0 Å². The summed E-state index contributed by atoms with van der Waals surface area (Å²) >= 11 is 0. The van der Waals surface area contributed by atoms with Crippen LogP contribution in [-0.4, -0.2) is 12.6 Å². The average molecular weight is 379 g/mol. The summed E-state index contributed by atoms with van der Waals surface area (Å²) in [6.45, 7) is 7.22. The van der Waals surface area contributed by atoms with Gasteiger partial charge in [-0.25, -0.2) is 0 Å². The second-order valence-electron chi connectivity index (χ2n) is 9.74. The summed E-state index contributed by atoms with van der Waals surface area (Å²) in [6, 6.07) is 0. The Labute approximate surface area is 169 Å². The molecule has 1 atom stereocenters. The average Bonchev–Trinajstić information content (AvgIpc) is 2.72. The number of carbonyl (C=O) groups excluding carboxylic acids is 1. The molecule has 0 aromatic carbocycles. The Morgan fingerprint density at radius 2 is 1.44 bits per heavy atom. The number of rotatable bonds is 11. The molecule has 2 nitrogen and oxygen atoms in total. The van der Waals surface area contributed by atoms with Crippen LogP contribution < -0.4 is 0 Å². The van der Waals surface area contributed by atoms with Crippen LogP contribution in [0.2, 0.25) is 0 Å². The van der Waals surface area contributed by atoms with Crippen molar-refractivity contribution in [3.8, 4) is 0 Å². The highest BCUT2D eigenvalue weighted by atomic mass is 16.5. The third-order valence-corrected chi connectivity index (χ3v) is 7.59. The number of esters is 1. The lowest BCUT2D eigenvalue weighted by Gasteiger charge is -2.37. The van der Waals surface area contributed by atoms with Gasteiger partial charge in [0.25, 0.3) is 0 Å². The van der Waals surface area contributed by atoms with Crippen LogP contribution >= 0.6 is 0 Å². The predicted octanol–water partition coefficient (Wildman–Crippen LogP) is 7.55. The van der Waals surface area contributed by atoms with Crippen molar-refractivity contribution in [1.82, 2.24) is 0 Å². The zero-order valence-corrected chi connectivity index (χ0v) is 18.5. The van der Waals surface area contributed by atoms with E-state index in [-0.39, 0.29) is 11.9 Å². The topological polar surface area (TPSA) is 26.3 Å². The van der Waals surface area contributed by atoms with Gasteiger partial charge in [-0.15, -0.1) is 0 Å².